The van der Waals surface area contributed by atoms with Gasteiger partial charge in [-0.05, 0) is 37.5 Å². The van der Waals surface area contributed by atoms with Crippen molar-refractivity contribution in [2.75, 3.05) is 19.7 Å². The number of amides is 2. The molecule has 2 amide bonds. The topological polar surface area (TPSA) is 58.6 Å². The molecule has 0 radical (unpaired) electrons. The zero-order chi connectivity index (χ0) is 18.2. The van der Waals surface area contributed by atoms with Crippen LogP contribution in [0.15, 0.2) is 18.2 Å². The normalized spacial score (nSPS) is 15.1. The summed E-state index contributed by atoms with van der Waals surface area (Å²) < 4.78 is 5.43. The van der Waals surface area contributed by atoms with E-state index in [1.807, 2.05) is 4.90 Å². The van der Waals surface area contributed by atoms with Gasteiger partial charge in [-0.3, -0.25) is 9.59 Å². The van der Waals surface area contributed by atoms with Crippen LogP contribution in [0.2, 0.25) is 10.0 Å². The van der Waals surface area contributed by atoms with Crippen LogP contribution in [0.1, 0.15) is 39.0 Å². The zero-order valence-corrected chi connectivity index (χ0v) is 15.9. The maximum Gasteiger partial charge on any atom is 0.258 e. The van der Waals surface area contributed by atoms with Crippen molar-refractivity contribution in [3.8, 4) is 5.75 Å². The minimum absolute atomic E-state index is 0.0759. The second-order valence-corrected chi connectivity index (χ2v) is 7.03. The molecule has 0 unspecified atom stereocenters. The fourth-order valence-electron chi connectivity index (χ4n) is 2.76. The molecule has 1 fully saturated rings. The van der Waals surface area contributed by atoms with Crippen LogP contribution in [0.3, 0.4) is 0 Å². The lowest BCUT2D eigenvalue weighted by Gasteiger charge is -2.32. The minimum Gasteiger partial charge on any atom is -0.482 e. The highest BCUT2D eigenvalue weighted by atomic mass is 35.5. The number of halogens is 2. The van der Waals surface area contributed by atoms with Gasteiger partial charge in [0.1, 0.15) is 5.75 Å². The highest BCUT2D eigenvalue weighted by Crippen LogP contribution is 2.27. The minimum atomic E-state index is -0.193. The summed E-state index contributed by atoms with van der Waals surface area (Å²) in [6.07, 6.45) is 4.11. The zero-order valence-electron chi connectivity index (χ0n) is 14.4. The quantitative estimate of drug-likeness (QED) is 0.777. The summed E-state index contributed by atoms with van der Waals surface area (Å²) in [6, 6.07) is 4.94. The molecule has 1 aliphatic heterocycles. The van der Waals surface area contributed by atoms with Crippen LogP contribution in [0.25, 0.3) is 0 Å². The van der Waals surface area contributed by atoms with E-state index in [2.05, 4.69) is 12.2 Å². The molecular weight excluding hydrogens is 363 g/mol. The van der Waals surface area contributed by atoms with Gasteiger partial charge < -0.3 is 15.0 Å². The molecule has 0 bridgehead atoms. The molecular formula is C18H24Cl2N2O3. The van der Waals surface area contributed by atoms with Crippen LogP contribution in [-0.4, -0.2) is 42.5 Å². The monoisotopic (exact) mass is 386 g/mol. The average molecular weight is 387 g/mol. The van der Waals surface area contributed by atoms with Crippen molar-refractivity contribution >= 4 is 35.0 Å². The van der Waals surface area contributed by atoms with Gasteiger partial charge in [-0.25, -0.2) is 0 Å². The second-order valence-electron chi connectivity index (χ2n) is 6.19. The third-order valence-electron chi connectivity index (χ3n) is 4.21. The summed E-state index contributed by atoms with van der Waals surface area (Å²) in [4.78, 5) is 25.9. The molecule has 1 aliphatic rings. The standard InChI is InChI=1S/C18H24Cl2N2O3/c1-2-3-4-18(24)22-9-7-14(8-10-22)21-17(23)12-25-16-6-5-13(19)11-15(16)20/h5-6,11,14H,2-4,7-10,12H2,1H3,(H,21,23). The van der Waals surface area contributed by atoms with Gasteiger partial charge in [-0.2, -0.15) is 0 Å². The maximum absolute atomic E-state index is 12.0. The summed E-state index contributed by atoms with van der Waals surface area (Å²) in [5.74, 6) is 0.451. The maximum atomic E-state index is 12.0. The molecule has 0 atom stereocenters. The van der Waals surface area contributed by atoms with Crippen molar-refractivity contribution in [3.05, 3.63) is 28.2 Å². The Labute approximate surface area is 158 Å². The Hall–Kier alpha value is -1.46. The third-order valence-corrected chi connectivity index (χ3v) is 4.74. The van der Waals surface area contributed by atoms with Crippen LogP contribution in [0.4, 0.5) is 0 Å². The second kappa shape index (κ2) is 9.88. The van der Waals surface area contributed by atoms with Crippen molar-refractivity contribution in [1.29, 1.82) is 0 Å². The van der Waals surface area contributed by atoms with Crippen molar-refractivity contribution < 1.29 is 14.3 Å². The van der Waals surface area contributed by atoms with Crippen molar-refractivity contribution in [1.82, 2.24) is 10.2 Å². The number of carbonyl (C=O) groups excluding carboxylic acids is 2. The number of piperidine rings is 1. The molecule has 1 aromatic rings. The van der Waals surface area contributed by atoms with Gasteiger partial charge in [-0.15, -0.1) is 0 Å². The first kappa shape index (κ1) is 19.9. The van der Waals surface area contributed by atoms with Crippen molar-refractivity contribution in [2.45, 2.75) is 45.1 Å². The lowest BCUT2D eigenvalue weighted by molar-refractivity contribution is -0.132. The van der Waals surface area contributed by atoms with E-state index in [0.29, 0.717) is 35.3 Å². The first-order valence-electron chi connectivity index (χ1n) is 8.64. The van der Waals surface area contributed by atoms with Gasteiger partial charge in [0, 0.05) is 30.6 Å². The van der Waals surface area contributed by atoms with E-state index in [4.69, 9.17) is 27.9 Å². The SMILES string of the molecule is CCCCC(=O)N1CCC(NC(=O)COc2ccc(Cl)cc2Cl)CC1. The van der Waals surface area contributed by atoms with E-state index < -0.39 is 0 Å². The number of nitrogens with one attached hydrogen (secondary N) is 1. The average Bonchev–Trinajstić information content (AvgIpc) is 2.59. The Kier molecular flexibility index (Phi) is 7.85. The number of hydrogen-bond acceptors (Lipinski definition) is 3. The fourth-order valence-corrected chi connectivity index (χ4v) is 3.23. The van der Waals surface area contributed by atoms with Gasteiger partial charge in [0.2, 0.25) is 5.91 Å². The largest absolute Gasteiger partial charge is 0.482 e. The summed E-state index contributed by atoms with van der Waals surface area (Å²) in [7, 11) is 0. The molecule has 1 aromatic carbocycles. The lowest BCUT2D eigenvalue weighted by Crippen LogP contribution is -2.47. The molecule has 2 rings (SSSR count). The first-order valence-corrected chi connectivity index (χ1v) is 9.40. The first-order chi connectivity index (χ1) is 12.0. The van der Waals surface area contributed by atoms with Crippen molar-refractivity contribution in [2.24, 2.45) is 0 Å². The van der Waals surface area contributed by atoms with Crippen LogP contribution >= 0.6 is 23.2 Å². The summed E-state index contributed by atoms with van der Waals surface area (Å²) in [5, 5.41) is 3.84. The van der Waals surface area contributed by atoms with Gasteiger partial charge in [0.05, 0.1) is 5.02 Å². The Bertz CT molecular complexity index is 602. The molecule has 5 nitrogen and oxygen atoms in total. The third kappa shape index (κ3) is 6.40. The highest BCUT2D eigenvalue weighted by molar-refractivity contribution is 6.35. The Morgan fingerprint density at radius 2 is 2.00 bits per heavy atom. The lowest BCUT2D eigenvalue weighted by atomic mass is 10.0. The van der Waals surface area contributed by atoms with Gasteiger partial charge in [-0.1, -0.05) is 36.5 Å². The van der Waals surface area contributed by atoms with E-state index in [-0.39, 0.29) is 24.5 Å². The van der Waals surface area contributed by atoms with E-state index >= 15 is 0 Å². The van der Waals surface area contributed by atoms with Gasteiger partial charge in [0.15, 0.2) is 6.61 Å². The Morgan fingerprint density at radius 3 is 2.64 bits per heavy atom. The molecule has 0 saturated carbocycles. The van der Waals surface area contributed by atoms with E-state index in [9.17, 15) is 9.59 Å². The van der Waals surface area contributed by atoms with E-state index in [0.717, 1.165) is 25.7 Å². The van der Waals surface area contributed by atoms with Gasteiger partial charge in [0.25, 0.3) is 5.91 Å². The Balaban J connectivity index is 1.70. The number of ether oxygens (including phenoxy) is 1. The molecule has 0 aromatic heterocycles. The van der Waals surface area contributed by atoms with Crippen LogP contribution < -0.4 is 10.1 Å². The molecule has 0 spiro atoms. The number of benzene rings is 1. The predicted octanol–water partition coefficient (Wildman–Crippen LogP) is 3.67. The van der Waals surface area contributed by atoms with Crippen LogP contribution in [0, 0.1) is 0 Å². The molecule has 1 saturated heterocycles. The van der Waals surface area contributed by atoms with Gasteiger partial charge >= 0.3 is 0 Å². The van der Waals surface area contributed by atoms with E-state index in [1.165, 1.54) is 0 Å². The number of unbranched alkanes of at least 4 members (excludes halogenated alkanes) is 1. The summed E-state index contributed by atoms with van der Waals surface area (Å²) in [5.41, 5.74) is 0. The molecule has 25 heavy (non-hydrogen) atoms. The number of likely N-dealkylation sites (tertiary alicyclic amines) is 1. The molecule has 1 N–H and O–H groups in total. The number of rotatable bonds is 7. The summed E-state index contributed by atoms with van der Waals surface area (Å²) in [6.45, 7) is 3.36. The fraction of sp³-hybridized carbons (Fsp3) is 0.556. The Morgan fingerprint density at radius 1 is 1.28 bits per heavy atom. The number of nitrogens with zero attached hydrogens (tertiary/aromatic N) is 1. The molecule has 0 aliphatic carbocycles. The van der Waals surface area contributed by atoms with Crippen molar-refractivity contribution in [3.63, 3.8) is 0 Å². The number of hydrogen-bond donors (Lipinski definition) is 1. The molecule has 1 heterocycles. The number of carbonyl (C=O) groups is 2. The molecule has 7 heteroatoms. The summed E-state index contributed by atoms with van der Waals surface area (Å²) >= 11 is 11.8. The van der Waals surface area contributed by atoms with Crippen LogP contribution in [-0.2, 0) is 9.59 Å². The highest BCUT2D eigenvalue weighted by Gasteiger charge is 2.23. The van der Waals surface area contributed by atoms with E-state index in [1.54, 1.807) is 18.2 Å². The molecule has 138 valence electrons. The predicted molar refractivity (Wildman–Crippen MR) is 99.2 cm³/mol. The smallest absolute Gasteiger partial charge is 0.258 e. The van der Waals surface area contributed by atoms with Crippen LogP contribution in [0.5, 0.6) is 5.75 Å².